The molecule has 0 amide bonds. The van der Waals surface area contributed by atoms with E-state index >= 15 is 0 Å². The third-order valence-electron chi connectivity index (χ3n) is 2.10. The summed E-state index contributed by atoms with van der Waals surface area (Å²) in [6.07, 6.45) is 1.08. The quantitative estimate of drug-likeness (QED) is 0.716. The summed E-state index contributed by atoms with van der Waals surface area (Å²) in [5.41, 5.74) is 8.41. The summed E-state index contributed by atoms with van der Waals surface area (Å²) in [6, 6.07) is 1.68. The molecule has 0 bridgehead atoms. The van der Waals surface area contributed by atoms with Gasteiger partial charge < -0.3 is 10.8 Å². The molecular formula is C10H16N2O. The van der Waals surface area contributed by atoms with Crippen molar-refractivity contribution in [3.63, 3.8) is 0 Å². The van der Waals surface area contributed by atoms with Crippen molar-refractivity contribution in [3.8, 4) is 0 Å². The van der Waals surface area contributed by atoms with Crippen molar-refractivity contribution in [2.24, 2.45) is 5.73 Å². The molecule has 0 saturated heterocycles. The van der Waals surface area contributed by atoms with Gasteiger partial charge in [-0.25, -0.2) is 0 Å². The Labute approximate surface area is 78.6 Å². The fraction of sp³-hybridized carbons (Fsp3) is 0.500. The minimum absolute atomic E-state index is 0.261. The summed E-state index contributed by atoms with van der Waals surface area (Å²) in [5.74, 6) is 0. The van der Waals surface area contributed by atoms with E-state index in [1.165, 1.54) is 0 Å². The minimum Gasteiger partial charge on any atom is -0.387 e. The average molecular weight is 180 g/mol. The molecule has 0 saturated carbocycles. The summed E-state index contributed by atoms with van der Waals surface area (Å²) in [5, 5.41) is 9.70. The third-order valence-corrected chi connectivity index (χ3v) is 2.10. The number of nitrogens with two attached hydrogens (primary N) is 1. The van der Waals surface area contributed by atoms with Gasteiger partial charge in [0, 0.05) is 23.5 Å². The van der Waals surface area contributed by atoms with Crippen molar-refractivity contribution in [2.45, 2.75) is 32.9 Å². The molecule has 0 aromatic carbocycles. The van der Waals surface area contributed by atoms with Gasteiger partial charge in [0.05, 0.1) is 6.10 Å². The Morgan fingerprint density at radius 1 is 1.46 bits per heavy atom. The number of aliphatic hydroxyl groups is 1. The van der Waals surface area contributed by atoms with Crippen LogP contribution in [0.25, 0.3) is 0 Å². The Bertz CT molecular complexity index is 297. The second kappa shape index (κ2) is 3.85. The molecule has 0 fully saturated rings. The van der Waals surface area contributed by atoms with Crippen LogP contribution in [0.5, 0.6) is 0 Å². The number of hydrogen-bond donors (Lipinski definition) is 2. The van der Waals surface area contributed by atoms with E-state index in [1.54, 1.807) is 13.1 Å². The maximum absolute atomic E-state index is 9.70. The molecule has 1 aromatic rings. The van der Waals surface area contributed by atoms with Gasteiger partial charge in [-0.3, -0.25) is 4.98 Å². The molecule has 3 nitrogen and oxygen atoms in total. The number of aromatic nitrogens is 1. The van der Waals surface area contributed by atoms with E-state index in [1.807, 2.05) is 19.9 Å². The normalized spacial score (nSPS) is 15.5. The largest absolute Gasteiger partial charge is 0.387 e. The van der Waals surface area contributed by atoms with Crippen LogP contribution < -0.4 is 5.73 Å². The smallest absolute Gasteiger partial charge is 0.0955 e. The molecule has 2 atom stereocenters. The Morgan fingerprint density at radius 2 is 2.08 bits per heavy atom. The van der Waals surface area contributed by atoms with Crippen LogP contribution in [0.15, 0.2) is 12.3 Å². The summed E-state index contributed by atoms with van der Waals surface area (Å²) in [6.45, 7) is 5.66. The average Bonchev–Trinajstić information content (AvgIpc) is 2.03. The van der Waals surface area contributed by atoms with Crippen molar-refractivity contribution in [1.29, 1.82) is 0 Å². The van der Waals surface area contributed by atoms with Crippen molar-refractivity contribution in [3.05, 3.63) is 29.1 Å². The van der Waals surface area contributed by atoms with Crippen molar-refractivity contribution < 1.29 is 5.11 Å². The highest BCUT2D eigenvalue weighted by molar-refractivity contribution is 5.27. The number of aliphatic hydroxyl groups excluding tert-OH is 1. The SMILES string of the molecule is Cc1cc(C)c(C(O)C(C)N)cn1. The molecule has 2 unspecified atom stereocenters. The van der Waals surface area contributed by atoms with Crippen molar-refractivity contribution in [2.75, 3.05) is 0 Å². The number of pyridine rings is 1. The molecule has 1 heterocycles. The highest BCUT2D eigenvalue weighted by atomic mass is 16.3. The number of nitrogens with zero attached hydrogens (tertiary/aromatic N) is 1. The summed E-state index contributed by atoms with van der Waals surface area (Å²) in [7, 11) is 0. The Hall–Kier alpha value is -0.930. The standard InChI is InChI=1S/C10H16N2O/c1-6-4-7(2)12-5-9(6)10(13)8(3)11/h4-5,8,10,13H,11H2,1-3H3. The van der Waals surface area contributed by atoms with E-state index in [0.717, 1.165) is 16.8 Å². The minimum atomic E-state index is -0.618. The molecule has 1 rings (SSSR count). The van der Waals surface area contributed by atoms with E-state index in [4.69, 9.17) is 5.73 Å². The first kappa shape index (κ1) is 10.2. The molecule has 13 heavy (non-hydrogen) atoms. The Balaban J connectivity index is 3.01. The monoisotopic (exact) mass is 180 g/mol. The van der Waals surface area contributed by atoms with Crippen molar-refractivity contribution in [1.82, 2.24) is 4.98 Å². The molecule has 0 aliphatic rings. The zero-order chi connectivity index (χ0) is 10.0. The van der Waals surface area contributed by atoms with Crippen LogP contribution in [0, 0.1) is 13.8 Å². The van der Waals surface area contributed by atoms with E-state index in [9.17, 15) is 5.11 Å². The lowest BCUT2D eigenvalue weighted by Crippen LogP contribution is -2.25. The molecule has 1 aromatic heterocycles. The Kier molecular flexibility index (Phi) is 3.01. The highest BCUT2D eigenvalue weighted by Crippen LogP contribution is 2.18. The van der Waals surface area contributed by atoms with Crippen LogP contribution in [0.2, 0.25) is 0 Å². The van der Waals surface area contributed by atoms with Crippen LogP contribution in [0.1, 0.15) is 29.8 Å². The van der Waals surface area contributed by atoms with E-state index in [2.05, 4.69) is 4.98 Å². The van der Waals surface area contributed by atoms with Crippen molar-refractivity contribution >= 4 is 0 Å². The molecule has 72 valence electrons. The van der Waals surface area contributed by atoms with Gasteiger partial charge in [-0.1, -0.05) is 0 Å². The molecule has 0 aliphatic heterocycles. The topological polar surface area (TPSA) is 59.1 Å². The second-order valence-corrected chi connectivity index (χ2v) is 3.49. The maximum Gasteiger partial charge on any atom is 0.0955 e. The maximum atomic E-state index is 9.70. The van der Waals surface area contributed by atoms with Gasteiger partial charge in [-0.2, -0.15) is 0 Å². The number of aryl methyl sites for hydroxylation is 2. The lowest BCUT2D eigenvalue weighted by atomic mass is 10.0. The number of hydrogen-bond acceptors (Lipinski definition) is 3. The van der Waals surface area contributed by atoms with Gasteiger partial charge >= 0.3 is 0 Å². The zero-order valence-electron chi connectivity index (χ0n) is 8.28. The lowest BCUT2D eigenvalue weighted by molar-refractivity contribution is 0.152. The van der Waals surface area contributed by atoms with Gasteiger partial charge in [0.25, 0.3) is 0 Å². The summed E-state index contributed by atoms with van der Waals surface area (Å²) < 4.78 is 0. The molecule has 0 radical (unpaired) electrons. The predicted octanol–water partition coefficient (Wildman–Crippen LogP) is 1.08. The molecule has 3 heteroatoms. The van der Waals surface area contributed by atoms with E-state index < -0.39 is 6.10 Å². The van der Waals surface area contributed by atoms with Crippen LogP contribution in [0.3, 0.4) is 0 Å². The molecule has 3 N–H and O–H groups in total. The number of rotatable bonds is 2. The fourth-order valence-electron chi connectivity index (χ4n) is 1.30. The van der Waals surface area contributed by atoms with Gasteiger partial charge in [-0.05, 0) is 32.4 Å². The first-order chi connectivity index (χ1) is 6.02. The summed E-state index contributed by atoms with van der Waals surface area (Å²) in [4.78, 5) is 4.13. The third kappa shape index (κ3) is 2.26. The van der Waals surface area contributed by atoms with E-state index in [-0.39, 0.29) is 6.04 Å². The second-order valence-electron chi connectivity index (χ2n) is 3.49. The fourth-order valence-corrected chi connectivity index (χ4v) is 1.30. The molecule has 0 aliphatic carbocycles. The Morgan fingerprint density at radius 3 is 2.54 bits per heavy atom. The van der Waals surface area contributed by atoms with Gasteiger partial charge in [0.1, 0.15) is 0 Å². The van der Waals surface area contributed by atoms with Gasteiger partial charge in [0.15, 0.2) is 0 Å². The summed E-state index contributed by atoms with van der Waals surface area (Å²) >= 11 is 0. The van der Waals surface area contributed by atoms with E-state index in [0.29, 0.717) is 0 Å². The zero-order valence-corrected chi connectivity index (χ0v) is 8.28. The predicted molar refractivity (Wildman–Crippen MR) is 52.3 cm³/mol. The molecular weight excluding hydrogens is 164 g/mol. The van der Waals surface area contributed by atoms with Crippen LogP contribution in [0.4, 0.5) is 0 Å². The van der Waals surface area contributed by atoms with Gasteiger partial charge in [-0.15, -0.1) is 0 Å². The highest BCUT2D eigenvalue weighted by Gasteiger charge is 2.14. The van der Waals surface area contributed by atoms with Gasteiger partial charge in [0.2, 0.25) is 0 Å². The van der Waals surface area contributed by atoms with Crippen LogP contribution in [-0.2, 0) is 0 Å². The van der Waals surface area contributed by atoms with Crippen LogP contribution >= 0.6 is 0 Å². The lowest BCUT2D eigenvalue weighted by Gasteiger charge is -2.16. The van der Waals surface area contributed by atoms with Crippen LogP contribution in [-0.4, -0.2) is 16.1 Å². The first-order valence-corrected chi connectivity index (χ1v) is 4.39. The first-order valence-electron chi connectivity index (χ1n) is 4.39. The molecule has 0 spiro atoms.